The molecule has 0 unspecified atom stereocenters. The van der Waals surface area contributed by atoms with Crippen molar-refractivity contribution >= 4 is 0 Å². The van der Waals surface area contributed by atoms with E-state index in [0.29, 0.717) is 18.2 Å². The second-order valence-electron chi connectivity index (χ2n) is 3.21. The van der Waals surface area contributed by atoms with Crippen molar-refractivity contribution in [1.29, 1.82) is 0 Å². The van der Waals surface area contributed by atoms with Gasteiger partial charge in [0, 0.05) is 6.04 Å². The first-order valence-electron chi connectivity index (χ1n) is 4.13. The Labute approximate surface area is 62.7 Å². The molecule has 0 saturated carbocycles. The molecule has 2 heteroatoms. The summed E-state index contributed by atoms with van der Waals surface area (Å²) in [5.74, 6) is 0. The van der Waals surface area contributed by atoms with Gasteiger partial charge < -0.3 is 10.5 Å². The van der Waals surface area contributed by atoms with Crippen LogP contribution in [0.1, 0.15) is 33.1 Å². The molecule has 1 heterocycles. The Kier molecular flexibility index (Phi) is 2.69. The smallest absolute Gasteiger partial charge is 0.0590 e. The zero-order valence-electron chi connectivity index (χ0n) is 6.84. The first-order chi connectivity index (χ1) is 4.72. The fourth-order valence-corrected chi connectivity index (χ4v) is 1.56. The lowest BCUT2D eigenvalue weighted by Gasteiger charge is -2.31. The van der Waals surface area contributed by atoms with Crippen LogP contribution >= 0.6 is 0 Å². The molecule has 60 valence electrons. The fraction of sp³-hybridized carbons (Fsp3) is 1.00. The molecule has 0 aliphatic carbocycles. The molecule has 10 heavy (non-hydrogen) atoms. The molecule has 1 fully saturated rings. The van der Waals surface area contributed by atoms with Gasteiger partial charge >= 0.3 is 0 Å². The van der Waals surface area contributed by atoms with E-state index in [1.54, 1.807) is 0 Å². The monoisotopic (exact) mass is 143 g/mol. The Balaban J connectivity index is 2.35. The molecule has 0 radical (unpaired) electrons. The van der Waals surface area contributed by atoms with E-state index in [4.69, 9.17) is 10.5 Å². The molecule has 0 spiro atoms. The van der Waals surface area contributed by atoms with Crippen molar-refractivity contribution in [2.45, 2.75) is 51.4 Å². The Morgan fingerprint density at radius 1 is 1.50 bits per heavy atom. The molecule has 0 aromatic heterocycles. The zero-order chi connectivity index (χ0) is 7.56. The third-order valence-electron chi connectivity index (χ3n) is 2.08. The van der Waals surface area contributed by atoms with Crippen LogP contribution in [0.4, 0.5) is 0 Å². The zero-order valence-corrected chi connectivity index (χ0v) is 6.84. The molecular formula is C8H17NO. The summed E-state index contributed by atoms with van der Waals surface area (Å²) < 4.78 is 5.63. The predicted molar refractivity (Wildman–Crippen MR) is 41.8 cm³/mol. The van der Waals surface area contributed by atoms with Gasteiger partial charge in [0.15, 0.2) is 0 Å². The van der Waals surface area contributed by atoms with Crippen LogP contribution in [0.3, 0.4) is 0 Å². The molecule has 0 aromatic rings. The van der Waals surface area contributed by atoms with Gasteiger partial charge in [-0.2, -0.15) is 0 Å². The van der Waals surface area contributed by atoms with Gasteiger partial charge in [0.05, 0.1) is 12.2 Å². The number of hydrogen-bond acceptors (Lipinski definition) is 2. The minimum Gasteiger partial charge on any atom is -0.375 e. The normalized spacial score (nSPS) is 41.7. The average Bonchev–Trinajstić information content (AvgIpc) is 1.85. The number of hydrogen-bond donors (Lipinski definition) is 1. The fourth-order valence-electron chi connectivity index (χ4n) is 1.56. The molecule has 1 saturated heterocycles. The highest BCUT2D eigenvalue weighted by Gasteiger charge is 2.22. The maximum atomic E-state index is 5.81. The number of ether oxygens (including phenoxy) is 1. The molecule has 0 amide bonds. The maximum Gasteiger partial charge on any atom is 0.0590 e. The van der Waals surface area contributed by atoms with E-state index in [-0.39, 0.29) is 0 Å². The molecule has 0 bridgehead atoms. The van der Waals surface area contributed by atoms with E-state index in [0.717, 1.165) is 19.3 Å². The van der Waals surface area contributed by atoms with Gasteiger partial charge in [0.1, 0.15) is 0 Å². The molecule has 1 aliphatic rings. The van der Waals surface area contributed by atoms with Crippen molar-refractivity contribution in [2.24, 2.45) is 5.73 Å². The Morgan fingerprint density at radius 3 is 2.70 bits per heavy atom. The molecule has 2 nitrogen and oxygen atoms in total. The van der Waals surface area contributed by atoms with E-state index in [1.807, 2.05) is 0 Å². The summed E-state index contributed by atoms with van der Waals surface area (Å²) in [6, 6.07) is 0.369. The summed E-state index contributed by atoms with van der Waals surface area (Å²) in [5, 5.41) is 0. The Bertz CT molecular complexity index is 95.4. The molecule has 1 aliphatic heterocycles. The highest BCUT2D eigenvalue weighted by atomic mass is 16.5. The van der Waals surface area contributed by atoms with Crippen molar-refractivity contribution in [3.8, 4) is 0 Å². The standard InChI is InChI=1S/C8H17NO/c1-3-8-5-7(9)4-6(2)10-8/h6-8H,3-5,9H2,1-2H3/t6-,7+,8+/m1/s1. The number of nitrogens with two attached hydrogens (primary N) is 1. The lowest BCUT2D eigenvalue weighted by molar-refractivity contribution is -0.0478. The minimum atomic E-state index is 0.369. The van der Waals surface area contributed by atoms with Crippen molar-refractivity contribution in [3.63, 3.8) is 0 Å². The Hall–Kier alpha value is -0.0800. The van der Waals surface area contributed by atoms with Crippen LogP contribution in [-0.2, 0) is 4.74 Å². The first-order valence-corrected chi connectivity index (χ1v) is 4.13. The largest absolute Gasteiger partial charge is 0.375 e. The quantitative estimate of drug-likeness (QED) is 0.600. The van der Waals surface area contributed by atoms with Crippen LogP contribution in [-0.4, -0.2) is 18.2 Å². The third-order valence-corrected chi connectivity index (χ3v) is 2.08. The molecule has 2 N–H and O–H groups in total. The van der Waals surface area contributed by atoms with Gasteiger partial charge in [0.25, 0.3) is 0 Å². The predicted octanol–water partition coefficient (Wildman–Crippen LogP) is 1.29. The highest BCUT2D eigenvalue weighted by Crippen LogP contribution is 2.19. The first kappa shape index (κ1) is 8.02. The molecule has 1 rings (SSSR count). The summed E-state index contributed by atoms with van der Waals surface area (Å²) in [6.45, 7) is 4.25. The molecule has 0 aromatic carbocycles. The van der Waals surface area contributed by atoms with Crippen molar-refractivity contribution in [2.75, 3.05) is 0 Å². The van der Waals surface area contributed by atoms with Crippen LogP contribution in [0.5, 0.6) is 0 Å². The highest BCUT2D eigenvalue weighted by molar-refractivity contribution is 4.76. The van der Waals surface area contributed by atoms with Gasteiger partial charge in [0.2, 0.25) is 0 Å². The molecular weight excluding hydrogens is 126 g/mol. The Morgan fingerprint density at radius 2 is 2.20 bits per heavy atom. The van der Waals surface area contributed by atoms with E-state index in [1.165, 1.54) is 0 Å². The van der Waals surface area contributed by atoms with Crippen LogP contribution < -0.4 is 5.73 Å². The van der Waals surface area contributed by atoms with E-state index in [2.05, 4.69) is 13.8 Å². The summed E-state index contributed by atoms with van der Waals surface area (Å²) in [7, 11) is 0. The van der Waals surface area contributed by atoms with Crippen molar-refractivity contribution in [1.82, 2.24) is 0 Å². The topological polar surface area (TPSA) is 35.2 Å². The van der Waals surface area contributed by atoms with Crippen LogP contribution in [0, 0.1) is 0 Å². The van der Waals surface area contributed by atoms with E-state index in [9.17, 15) is 0 Å². The SMILES string of the molecule is CC[C@H]1C[C@@H](N)C[C@@H](C)O1. The van der Waals surface area contributed by atoms with Gasteiger partial charge in [-0.3, -0.25) is 0 Å². The third kappa shape index (κ3) is 1.96. The second-order valence-corrected chi connectivity index (χ2v) is 3.21. The van der Waals surface area contributed by atoms with Crippen LogP contribution in [0.15, 0.2) is 0 Å². The molecule has 3 atom stereocenters. The lowest BCUT2D eigenvalue weighted by Crippen LogP contribution is -2.38. The lowest BCUT2D eigenvalue weighted by atomic mass is 9.99. The van der Waals surface area contributed by atoms with E-state index >= 15 is 0 Å². The van der Waals surface area contributed by atoms with Gasteiger partial charge in [-0.15, -0.1) is 0 Å². The van der Waals surface area contributed by atoms with Crippen molar-refractivity contribution in [3.05, 3.63) is 0 Å². The minimum absolute atomic E-state index is 0.369. The van der Waals surface area contributed by atoms with E-state index < -0.39 is 0 Å². The number of rotatable bonds is 1. The van der Waals surface area contributed by atoms with Gasteiger partial charge in [-0.1, -0.05) is 6.92 Å². The van der Waals surface area contributed by atoms with Gasteiger partial charge in [-0.05, 0) is 26.2 Å². The summed E-state index contributed by atoms with van der Waals surface area (Å²) in [5.41, 5.74) is 5.81. The summed E-state index contributed by atoms with van der Waals surface area (Å²) in [4.78, 5) is 0. The second kappa shape index (κ2) is 3.35. The summed E-state index contributed by atoms with van der Waals surface area (Å²) >= 11 is 0. The van der Waals surface area contributed by atoms with Crippen LogP contribution in [0.25, 0.3) is 0 Å². The van der Waals surface area contributed by atoms with Crippen LogP contribution in [0.2, 0.25) is 0 Å². The van der Waals surface area contributed by atoms with Crippen molar-refractivity contribution < 1.29 is 4.74 Å². The maximum absolute atomic E-state index is 5.81. The average molecular weight is 143 g/mol. The van der Waals surface area contributed by atoms with Gasteiger partial charge in [-0.25, -0.2) is 0 Å². The summed E-state index contributed by atoms with van der Waals surface area (Å²) in [6.07, 6.45) is 3.95.